The van der Waals surface area contributed by atoms with Crippen LogP contribution in [-0.2, 0) is 16.3 Å². The SMILES string of the molecule is CCc1nsc(N2CCN(C(=NC)NCCS(=O)(=O)c3ccccc3F)CC2)n1. The lowest BCUT2D eigenvalue weighted by Gasteiger charge is -2.36. The molecule has 0 aliphatic carbocycles. The highest BCUT2D eigenvalue weighted by Gasteiger charge is 2.23. The molecule has 0 spiro atoms. The highest BCUT2D eigenvalue weighted by Crippen LogP contribution is 2.19. The van der Waals surface area contributed by atoms with E-state index in [4.69, 9.17) is 0 Å². The highest BCUT2D eigenvalue weighted by atomic mass is 32.2. The van der Waals surface area contributed by atoms with Crippen LogP contribution < -0.4 is 10.2 Å². The van der Waals surface area contributed by atoms with Crippen molar-refractivity contribution >= 4 is 32.5 Å². The zero-order valence-electron chi connectivity index (χ0n) is 16.5. The minimum atomic E-state index is -3.70. The van der Waals surface area contributed by atoms with Crippen molar-refractivity contribution < 1.29 is 12.8 Å². The Hall–Kier alpha value is -2.27. The number of nitrogens with one attached hydrogen (secondary N) is 1. The molecule has 8 nitrogen and oxygen atoms in total. The van der Waals surface area contributed by atoms with Gasteiger partial charge in [-0.05, 0) is 12.1 Å². The Labute approximate surface area is 174 Å². The summed E-state index contributed by atoms with van der Waals surface area (Å²) in [6, 6.07) is 5.43. The summed E-state index contributed by atoms with van der Waals surface area (Å²) in [7, 11) is -2.04. The summed E-state index contributed by atoms with van der Waals surface area (Å²) in [5.41, 5.74) is 0. The molecule has 1 aliphatic rings. The van der Waals surface area contributed by atoms with Crippen molar-refractivity contribution in [3.63, 3.8) is 0 Å². The van der Waals surface area contributed by atoms with Crippen molar-refractivity contribution in [3.05, 3.63) is 35.9 Å². The lowest BCUT2D eigenvalue weighted by molar-refractivity contribution is 0.373. The third-order valence-electron chi connectivity index (χ3n) is 4.66. The molecule has 11 heteroatoms. The molecule has 29 heavy (non-hydrogen) atoms. The minimum absolute atomic E-state index is 0.153. The van der Waals surface area contributed by atoms with Crippen molar-refractivity contribution in [1.29, 1.82) is 0 Å². The summed E-state index contributed by atoms with van der Waals surface area (Å²) >= 11 is 1.41. The molecule has 0 amide bonds. The molecular weight excluding hydrogens is 415 g/mol. The summed E-state index contributed by atoms with van der Waals surface area (Å²) in [6.45, 7) is 5.23. The van der Waals surface area contributed by atoms with E-state index in [1.54, 1.807) is 7.05 Å². The molecule has 0 radical (unpaired) electrons. The standard InChI is InChI=1S/C18H25FN6O2S2/c1-3-16-22-18(28-23-16)25-11-9-24(10-12-25)17(20-2)21-8-13-29(26,27)15-7-5-4-6-14(15)19/h4-7H,3,8-13H2,1-2H3,(H,20,21). The number of aryl methyl sites for hydroxylation is 1. The van der Waals surface area contributed by atoms with Crippen LogP contribution in [0.1, 0.15) is 12.7 Å². The van der Waals surface area contributed by atoms with Crippen molar-refractivity contribution in [2.45, 2.75) is 18.2 Å². The smallest absolute Gasteiger partial charge is 0.205 e. The monoisotopic (exact) mass is 440 g/mol. The predicted octanol–water partition coefficient (Wildman–Crippen LogP) is 1.41. The number of guanidine groups is 1. The fraction of sp³-hybridized carbons (Fsp3) is 0.500. The molecule has 1 fully saturated rings. The van der Waals surface area contributed by atoms with Crippen molar-refractivity contribution in [3.8, 4) is 0 Å². The van der Waals surface area contributed by atoms with Gasteiger partial charge in [-0.25, -0.2) is 17.8 Å². The molecule has 0 saturated carbocycles. The number of rotatable bonds is 6. The van der Waals surface area contributed by atoms with Crippen LogP contribution in [0.15, 0.2) is 34.2 Å². The Morgan fingerprint density at radius 2 is 2.00 bits per heavy atom. The number of nitrogens with zero attached hydrogens (tertiary/aromatic N) is 5. The van der Waals surface area contributed by atoms with Crippen LogP contribution in [0.3, 0.4) is 0 Å². The largest absolute Gasteiger partial charge is 0.355 e. The fourth-order valence-electron chi connectivity index (χ4n) is 3.06. The quantitative estimate of drug-likeness (QED) is 0.536. The van der Waals surface area contributed by atoms with Gasteiger partial charge in [-0.1, -0.05) is 19.1 Å². The Balaban J connectivity index is 1.52. The Morgan fingerprint density at radius 3 is 2.62 bits per heavy atom. The first kappa shape index (κ1) is 21.4. The van der Waals surface area contributed by atoms with Crippen LogP contribution in [0.5, 0.6) is 0 Å². The lowest BCUT2D eigenvalue weighted by Crippen LogP contribution is -2.53. The number of hydrogen-bond donors (Lipinski definition) is 1. The van der Waals surface area contributed by atoms with Gasteiger partial charge in [0, 0.05) is 57.7 Å². The molecule has 1 aromatic heterocycles. The zero-order chi connectivity index (χ0) is 20.9. The van der Waals surface area contributed by atoms with E-state index in [0.717, 1.165) is 49.6 Å². The summed E-state index contributed by atoms with van der Waals surface area (Å²) in [4.78, 5) is 12.8. The number of hydrogen-bond acceptors (Lipinski definition) is 7. The normalized spacial score (nSPS) is 15.6. The van der Waals surface area contributed by atoms with E-state index in [9.17, 15) is 12.8 Å². The van der Waals surface area contributed by atoms with Crippen LogP contribution in [0, 0.1) is 5.82 Å². The molecule has 2 aromatic rings. The summed E-state index contributed by atoms with van der Waals surface area (Å²) in [5, 5.41) is 4.01. The van der Waals surface area contributed by atoms with E-state index in [1.807, 2.05) is 6.92 Å². The average molecular weight is 441 g/mol. The van der Waals surface area contributed by atoms with E-state index in [2.05, 4.69) is 29.5 Å². The Morgan fingerprint density at radius 1 is 1.28 bits per heavy atom. The third kappa shape index (κ3) is 5.21. The predicted molar refractivity (Wildman–Crippen MR) is 113 cm³/mol. The van der Waals surface area contributed by atoms with E-state index >= 15 is 0 Å². The zero-order valence-corrected chi connectivity index (χ0v) is 18.1. The highest BCUT2D eigenvalue weighted by molar-refractivity contribution is 7.91. The molecule has 1 saturated heterocycles. The summed E-state index contributed by atoms with van der Waals surface area (Å²) in [5.74, 6) is 0.564. The number of sulfone groups is 1. The molecule has 0 unspecified atom stereocenters. The first-order chi connectivity index (χ1) is 13.9. The first-order valence-electron chi connectivity index (χ1n) is 9.45. The van der Waals surface area contributed by atoms with Crippen LogP contribution >= 0.6 is 11.5 Å². The van der Waals surface area contributed by atoms with E-state index < -0.39 is 15.7 Å². The second kappa shape index (κ2) is 9.49. The van der Waals surface area contributed by atoms with Gasteiger partial charge in [0.1, 0.15) is 16.5 Å². The van der Waals surface area contributed by atoms with Gasteiger partial charge in [0.25, 0.3) is 0 Å². The van der Waals surface area contributed by atoms with Crippen LogP contribution in [-0.4, -0.2) is 74.2 Å². The van der Waals surface area contributed by atoms with Gasteiger partial charge in [-0.2, -0.15) is 4.37 Å². The van der Waals surface area contributed by atoms with Crippen LogP contribution in [0.4, 0.5) is 9.52 Å². The van der Waals surface area contributed by atoms with Gasteiger partial charge in [-0.15, -0.1) is 0 Å². The number of halogens is 1. The first-order valence-corrected chi connectivity index (χ1v) is 11.9. The van der Waals surface area contributed by atoms with Gasteiger partial charge in [0.15, 0.2) is 15.8 Å². The average Bonchev–Trinajstić information content (AvgIpc) is 3.21. The summed E-state index contributed by atoms with van der Waals surface area (Å²) in [6.07, 6.45) is 0.822. The molecule has 3 rings (SSSR count). The maximum Gasteiger partial charge on any atom is 0.205 e. The number of piperazine rings is 1. The van der Waals surface area contributed by atoms with Gasteiger partial charge in [0.2, 0.25) is 5.13 Å². The number of anilines is 1. The molecule has 1 aromatic carbocycles. The lowest BCUT2D eigenvalue weighted by atomic mass is 10.3. The van der Waals surface area contributed by atoms with E-state index in [1.165, 1.54) is 29.7 Å². The molecule has 0 atom stereocenters. The van der Waals surface area contributed by atoms with Crippen molar-refractivity contribution in [1.82, 2.24) is 19.6 Å². The van der Waals surface area contributed by atoms with E-state index in [-0.39, 0.29) is 17.2 Å². The maximum atomic E-state index is 13.8. The van der Waals surface area contributed by atoms with E-state index in [0.29, 0.717) is 5.96 Å². The molecular formula is C18H25FN6O2S2. The third-order valence-corrected chi connectivity index (χ3v) is 7.22. The molecule has 0 bridgehead atoms. The molecule has 1 aliphatic heterocycles. The number of aliphatic imine (C=N–C) groups is 1. The molecule has 1 N–H and O–H groups in total. The second-order valence-corrected chi connectivity index (χ2v) is 9.35. The van der Waals surface area contributed by atoms with Gasteiger partial charge >= 0.3 is 0 Å². The molecule has 158 valence electrons. The van der Waals surface area contributed by atoms with Crippen LogP contribution in [0.2, 0.25) is 0 Å². The maximum absolute atomic E-state index is 13.8. The number of aromatic nitrogens is 2. The Kier molecular flexibility index (Phi) is 7.01. The second-order valence-electron chi connectivity index (χ2n) is 6.54. The van der Waals surface area contributed by atoms with Crippen molar-refractivity contribution in [2.24, 2.45) is 4.99 Å². The minimum Gasteiger partial charge on any atom is -0.355 e. The van der Waals surface area contributed by atoms with Gasteiger partial charge in [0.05, 0.1) is 5.75 Å². The fourth-order valence-corrected chi connectivity index (χ4v) is 5.11. The van der Waals surface area contributed by atoms with Crippen LogP contribution in [0.25, 0.3) is 0 Å². The summed E-state index contributed by atoms with van der Waals surface area (Å²) < 4.78 is 42.9. The molecule has 2 heterocycles. The van der Waals surface area contributed by atoms with Gasteiger partial charge < -0.3 is 15.1 Å². The number of benzene rings is 1. The van der Waals surface area contributed by atoms with Gasteiger partial charge in [-0.3, -0.25) is 4.99 Å². The topological polar surface area (TPSA) is 90.8 Å². The Bertz CT molecular complexity index is 955. The van der Waals surface area contributed by atoms with Crippen molar-refractivity contribution in [2.75, 3.05) is 50.4 Å².